The normalized spacial score (nSPS) is 11.1. The van der Waals surface area contributed by atoms with Crippen LogP contribution in [-0.2, 0) is 17.7 Å². The van der Waals surface area contributed by atoms with Gasteiger partial charge in [-0.15, -0.1) is 0 Å². The Bertz CT molecular complexity index is 1190. The molecule has 0 bridgehead atoms. The third kappa shape index (κ3) is 6.31. The van der Waals surface area contributed by atoms with Gasteiger partial charge in [0, 0.05) is 23.7 Å². The van der Waals surface area contributed by atoms with Gasteiger partial charge in [-0.3, -0.25) is 10.3 Å². The van der Waals surface area contributed by atoms with Crippen LogP contribution in [0.1, 0.15) is 43.2 Å². The molecule has 34 heavy (non-hydrogen) atoms. The molecule has 0 saturated carbocycles. The molecule has 0 radical (unpaired) electrons. The molecular formula is C26H29FN4O3. The zero-order valence-electron chi connectivity index (χ0n) is 19.7. The van der Waals surface area contributed by atoms with Crippen molar-refractivity contribution in [2.45, 2.75) is 46.3 Å². The second-order valence-electron chi connectivity index (χ2n) is 8.91. The lowest BCUT2D eigenvalue weighted by Gasteiger charge is -2.21. The first-order valence-corrected chi connectivity index (χ1v) is 10.9. The molecule has 3 aromatic rings. The van der Waals surface area contributed by atoms with Gasteiger partial charge < -0.3 is 15.8 Å². The number of urea groups is 1. The molecule has 1 aromatic heterocycles. The monoisotopic (exact) mass is 464 g/mol. The highest BCUT2D eigenvalue weighted by atomic mass is 19.1. The molecule has 0 spiro atoms. The summed E-state index contributed by atoms with van der Waals surface area (Å²) in [6.07, 6.45) is 1.17. The number of ether oxygens (including phenoxy) is 1. The number of aromatic nitrogens is 1. The summed E-state index contributed by atoms with van der Waals surface area (Å²) in [5.74, 6) is -0.565. The summed E-state index contributed by atoms with van der Waals surface area (Å²) < 4.78 is 21.2. The van der Waals surface area contributed by atoms with Crippen molar-refractivity contribution < 1.29 is 18.7 Å². The Labute approximate surface area is 198 Å². The molecule has 178 valence electrons. The number of carbonyl (C=O) groups excluding carboxylic acids is 2. The van der Waals surface area contributed by atoms with Gasteiger partial charge in [-0.05, 0) is 56.5 Å². The lowest BCUT2D eigenvalue weighted by molar-refractivity contribution is 0.0635. The minimum atomic E-state index is -0.742. The van der Waals surface area contributed by atoms with E-state index < -0.39 is 23.5 Å². The number of aryl methyl sites for hydroxylation is 1. The van der Waals surface area contributed by atoms with E-state index in [1.165, 1.54) is 6.07 Å². The molecule has 0 fully saturated rings. The maximum Gasteiger partial charge on any atom is 0.412 e. The van der Waals surface area contributed by atoms with Crippen molar-refractivity contribution in [3.05, 3.63) is 82.9 Å². The number of anilines is 1. The van der Waals surface area contributed by atoms with Crippen LogP contribution < -0.4 is 16.4 Å². The molecule has 0 saturated heterocycles. The molecule has 2 aromatic carbocycles. The lowest BCUT2D eigenvalue weighted by Crippen LogP contribution is -2.29. The number of primary amides is 1. The van der Waals surface area contributed by atoms with Crippen LogP contribution >= 0.6 is 0 Å². The van der Waals surface area contributed by atoms with Crippen LogP contribution in [0.25, 0.3) is 11.1 Å². The summed E-state index contributed by atoms with van der Waals surface area (Å²) in [6.45, 7) is 7.19. The standard InChI is InChI=1S/C26H29FN4O3/c1-16-12-13-29-21(15-30-24(28)32)22(16)18-10-11-20(31-25(33)34-26(2,3)4)23(27)19(18)14-17-8-6-5-7-9-17/h5-13H,14-15H2,1-4H3,(H,31,33)(H3,28,30,32). The molecule has 0 unspecified atom stereocenters. The van der Waals surface area contributed by atoms with Crippen molar-refractivity contribution in [3.63, 3.8) is 0 Å². The van der Waals surface area contributed by atoms with Crippen molar-refractivity contribution in [3.8, 4) is 11.1 Å². The summed E-state index contributed by atoms with van der Waals surface area (Å²) in [5, 5.41) is 5.07. The fourth-order valence-corrected chi connectivity index (χ4v) is 3.63. The number of amides is 3. The first kappa shape index (κ1) is 24.7. The number of nitrogens with zero attached hydrogens (tertiary/aromatic N) is 1. The average molecular weight is 465 g/mol. The van der Waals surface area contributed by atoms with Gasteiger partial charge in [0.1, 0.15) is 5.60 Å². The van der Waals surface area contributed by atoms with E-state index >= 15 is 4.39 Å². The predicted octanol–water partition coefficient (Wildman–Crippen LogP) is 5.30. The van der Waals surface area contributed by atoms with Gasteiger partial charge in [0.25, 0.3) is 0 Å². The molecule has 4 N–H and O–H groups in total. The predicted molar refractivity (Wildman–Crippen MR) is 130 cm³/mol. The van der Waals surface area contributed by atoms with Crippen molar-refractivity contribution in [2.24, 2.45) is 5.73 Å². The molecule has 0 aliphatic carbocycles. The topological polar surface area (TPSA) is 106 Å². The van der Waals surface area contributed by atoms with E-state index in [2.05, 4.69) is 15.6 Å². The number of hydrogen-bond donors (Lipinski definition) is 3. The molecule has 8 heteroatoms. The van der Waals surface area contributed by atoms with Gasteiger partial charge in [-0.2, -0.15) is 0 Å². The first-order valence-electron chi connectivity index (χ1n) is 10.9. The maximum absolute atomic E-state index is 15.9. The lowest BCUT2D eigenvalue weighted by atomic mass is 9.90. The van der Waals surface area contributed by atoms with Crippen molar-refractivity contribution in [1.82, 2.24) is 10.3 Å². The minimum Gasteiger partial charge on any atom is -0.444 e. The number of rotatable bonds is 6. The number of halogens is 1. The smallest absolute Gasteiger partial charge is 0.412 e. The van der Waals surface area contributed by atoms with Crippen molar-refractivity contribution in [2.75, 3.05) is 5.32 Å². The summed E-state index contributed by atoms with van der Waals surface area (Å²) in [7, 11) is 0. The molecule has 7 nitrogen and oxygen atoms in total. The quantitative estimate of drug-likeness (QED) is 0.460. The summed E-state index contributed by atoms with van der Waals surface area (Å²) in [5.41, 5.74) is 8.55. The van der Waals surface area contributed by atoms with E-state index in [1.54, 1.807) is 33.0 Å². The van der Waals surface area contributed by atoms with Gasteiger partial charge in [0.05, 0.1) is 17.9 Å². The first-order chi connectivity index (χ1) is 16.0. The van der Waals surface area contributed by atoms with E-state index in [9.17, 15) is 9.59 Å². The zero-order valence-corrected chi connectivity index (χ0v) is 19.7. The van der Waals surface area contributed by atoms with Crippen LogP contribution in [0.15, 0.2) is 54.7 Å². The van der Waals surface area contributed by atoms with Gasteiger partial charge >= 0.3 is 12.1 Å². The highest BCUT2D eigenvalue weighted by Crippen LogP contribution is 2.35. The van der Waals surface area contributed by atoms with Gasteiger partial charge in [0.15, 0.2) is 5.82 Å². The van der Waals surface area contributed by atoms with Gasteiger partial charge in [0.2, 0.25) is 0 Å². The summed E-state index contributed by atoms with van der Waals surface area (Å²) >= 11 is 0. The molecule has 1 heterocycles. The van der Waals surface area contributed by atoms with Crippen molar-refractivity contribution >= 4 is 17.8 Å². The molecule has 0 aliphatic heterocycles. The second kappa shape index (κ2) is 10.3. The fraction of sp³-hybridized carbons (Fsp3) is 0.269. The summed E-state index contributed by atoms with van der Waals surface area (Å²) in [4.78, 5) is 28.0. The number of pyridine rings is 1. The van der Waals surface area contributed by atoms with E-state index in [-0.39, 0.29) is 18.7 Å². The average Bonchev–Trinajstić information content (AvgIpc) is 2.75. The molecule has 3 amide bonds. The van der Waals surface area contributed by atoms with Crippen LogP contribution in [0.3, 0.4) is 0 Å². The number of benzene rings is 2. The third-order valence-corrected chi connectivity index (χ3v) is 5.04. The van der Waals surface area contributed by atoms with Gasteiger partial charge in [-0.1, -0.05) is 36.4 Å². The Balaban J connectivity index is 2.12. The Morgan fingerprint density at radius 1 is 1.09 bits per heavy atom. The molecule has 3 rings (SSSR count). The van der Waals surface area contributed by atoms with Crippen LogP contribution in [-0.4, -0.2) is 22.7 Å². The number of carbonyl (C=O) groups is 2. The van der Waals surface area contributed by atoms with E-state index in [0.717, 1.165) is 11.1 Å². The van der Waals surface area contributed by atoms with Crippen LogP contribution in [0.5, 0.6) is 0 Å². The largest absolute Gasteiger partial charge is 0.444 e. The number of hydrogen-bond acceptors (Lipinski definition) is 4. The van der Waals surface area contributed by atoms with Crippen LogP contribution in [0.2, 0.25) is 0 Å². The van der Waals surface area contributed by atoms with E-state index in [4.69, 9.17) is 10.5 Å². The Kier molecular flexibility index (Phi) is 7.50. The Morgan fingerprint density at radius 2 is 1.79 bits per heavy atom. The van der Waals surface area contributed by atoms with Crippen LogP contribution in [0.4, 0.5) is 19.7 Å². The number of nitrogens with two attached hydrogens (primary N) is 1. The summed E-state index contributed by atoms with van der Waals surface area (Å²) in [6, 6.07) is 13.8. The molecule has 0 aliphatic rings. The van der Waals surface area contributed by atoms with Gasteiger partial charge in [-0.25, -0.2) is 14.0 Å². The van der Waals surface area contributed by atoms with E-state index in [1.807, 2.05) is 43.3 Å². The number of nitrogens with one attached hydrogen (secondary N) is 2. The highest BCUT2D eigenvalue weighted by Gasteiger charge is 2.22. The van der Waals surface area contributed by atoms with Crippen molar-refractivity contribution in [1.29, 1.82) is 0 Å². The third-order valence-electron chi connectivity index (χ3n) is 5.04. The Hall–Kier alpha value is -3.94. The van der Waals surface area contributed by atoms with E-state index in [0.29, 0.717) is 22.4 Å². The zero-order chi connectivity index (χ0) is 24.9. The second-order valence-corrected chi connectivity index (χ2v) is 8.91. The minimum absolute atomic E-state index is 0.0160. The molecular weight excluding hydrogens is 435 g/mol. The SMILES string of the molecule is Cc1ccnc(CNC(N)=O)c1-c1ccc(NC(=O)OC(C)(C)C)c(F)c1Cc1ccccc1. The maximum atomic E-state index is 15.9. The molecule has 0 atom stereocenters. The van der Waals surface area contributed by atoms with Crippen LogP contribution in [0, 0.1) is 12.7 Å². The fourth-order valence-electron chi connectivity index (χ4n) is 3.63. The Morgan fingerprint density at radius 3 is 2.44 bits per heavy atom. The highest BCUT2D eigenvalue weighted by molar-refractivity contribution is 5.87.